The number of carbonyl (C=O) groups excluding carboxylic acids is 1. The number of carbonyl (C=O) groups is 1. The second-order valence-electron chi connectivity index (χ2n) is 7.33. The van der Waals surface area contributed by atoms with Gasteiger partial charge in [0.25, 0.3) is 0 Å². The molecule has 1 amide bonds. The molecule has 0 aromatic heterocycles. The van der Waals surface area contributed by atoms with Gasteiger partial charge in [0.1, 0.15) is 18.0 Å². The number of nitrogens with one attached hydrogen (secondary N) is 1. The van der Waals surface area contributed by atoms with Crippen LogP contribution in [-0.2, 0) is 17.8 Å². The molecule has 5 heteroatoms. The second-order valence-corrected chi connectivity index (χ2v) is 7.33. The molecule has 0 aliphatic heterocycles. The van der Waals surface area contributed by atoms with Crippen LogP contribution < -0.4 is 10.1 Å². The molecule has 0 saturated heterocycles. The van der Waals surface area contributed by atoms with E-state index in [9.17, 15) is 4.79 Å². The van der Waals surface area contributed by atoms with Crippen LogP contribution >= 0.6 is 0 Å². The average molecular weight is 366 g/mol. The lowest BCUT2D eigenvalue weighted by Crippen LogP contribution is -2.40. The van der Waals surface area contributed by atoms with E-state index in [2.05, 4.69) is 11.4 Å². The predicted molar refractivity (Wildman–Crippen MR) is 104 cm³/mol. The van der Waals surface area contributed by atoms with Crippen LogP contribution in [0.15, 0.2) is 54.6 Å². The van der Waals surface area contributed by atoms with Gasteiger partial charge in [0.05, 0.1) is 12.5 Å². The molecule has 2 aromatic rings. The fourth-order valence-electron chi connectivity index (χ4n) is 2.51. The van der Waals surface area contributed by atoms with Crippen molar-refractivity contribution in [3.05, 3.63) is 65.7 Å². The average Bonchev–Trinajstić information content (AvgIpc) is 2.60. The maximum absolute atomic E-state index is 11.9. The van der Waals surface area contributed by atoms with Gasteiger partial charge in [-0.3, -0.25) is 0 Å². The molecule has 2 rings (SSSR count). The van der Waals surface area contributed by atoms with E-state index >= 15 is 0 Å². The van der Waals surface area contributed by atoms with Gasteiger partial charge in [-0.05, 0) is 50.5 Å². The summed E-state index contributed by atoms with van der Waals surface area (Å²) in [4.78, 5) is 11.9. The third-order valence-electron chi connectivity index (χ3n) is 3.71. The molecule has 27 heavy (non-hydrogen) atoms. The summed E-state index contributed by atoms with van der Waals surface area (Å²) in [6, 6.07) is 19.5. The highest BCUT2D eigenvalue weighted by atomic mass is 16.6. The third kappa shape index (κ3) is 7.83. The van der Waals surface area contributed by atoms with Gasteiger partial charge in [-0.2, -0.15) is 5.26 Å². The van der Waals surface area contributed by atoms with Crippen LogP contribution in [-0.4, -0.2) is 17.7 Å². The zero-order valence-electron chi connectivity index (χ0n) is 16.1. The maximum atomic E-state index is 11.9. The van der Waals surface area contributed by atoms with E-state index in [4.69, 9.17) is 14.7 Å². The summed E-state index contributed by atoms with van der Waals surface area (Å²) in [7, 11) is 0. The Kier molecular flexibility index (Phi) is 7.25. The van der Waals surface area contributed by atoms with Crippen LogP contribution in [0.5, 0.6) is 5.75 Å². The van der Waals surface area contributed by atoms with Crippen LogP contribution in [0.3, 0.4) is 0 Å². The van der Waals surface area contributed by atoms with E-state index in [-0.39, 0.29) is 12.5 Å². The summed E-state index contributed by atoms with van der Waals surface area (Å²) in [5.41, 5.74) is 1.55. The van der Waals surface area contributed by atoms with Gasteiger partial charge in [0, 0.05) is 6.04 Å². The molecule has 142 valence electrons. The lowest BCUT2D eigenvalue weighted by Gasteiger charge is -2.22. The maximum Gasteiger partial charge on any atom is 0.407 e. The van der Waals surface area contributed by atoms with Crippen molar-refractivity contribution in [3.8, 4) is 11.8 Å². The van der Waals surface area contributed by atoms with Gasteiger partial charge in [0.2, 0.25) is 0 Å². The molecular formula is C22H26N2O3. The van der Waals surface area contributed by atoms with Crippen molar-refractivity contribution in [3.63, 3.8) is 0 Å². The summed E-state index contributed by atoms with van der Waals surface area (Å²) in [5.74, 6) is 0.777. The molecule has 0 aliphatic carbocycles. The quantitative estimate of drug-likeness (QED) is 0.776. The predicted octanol–water partition coefficient (Wildman–Crippen LogP) is 4.62. The second kappa shape index (κ2) is 9.63. The van der Waals surface area contributed by atoms with Crippen LogP contribution in [0.1, 0.15) is 38.3 Å². The number of hydrogen-bond acceptors (Lipinski definition) is 4. The smallest absolute Gasteiger partial charge is 0.407 e. The van der Waals surface area contributed by atoms with Gasteiger partial charge in [-0.1, -0.05) is 42.5 Å². The summed E-state index contributed by atoms with van der Waals surface area (Å²) < 4.78 is 11.0. The number of alkyl carbamates (subject to hydrolysis) is 1. The van der Waals surface area contributed by atoms with Crippen LogP contribution in [0.2, 0.25) is 0 Å². The topological polar surface area (TPSA) is 71.3 Å². The zero-order valence-corrected chi connectivity index (χ0v) is 16.1. The number of hydrogen-bond donors (Lipinski definition) is 1. The largest absolute Gasteiger partial charge is 0.489 e. The first kappa shape index (κ1) is 20.3. The molecule has 0 spiro atoms. The number of rotatable bonds is 7. The molecule has 0 fully saturated rings. The molecule has 0 unspecified atom stereocenters. The minimum absolute atomic E-state index is 0.214. The Morgan fingerprint density at radius 1 is 1.07 bits per heavy atom. The number of ether oxygens (including phenoxy) is 2. The highest BCUT2D eigenvalue weighted by Gasteiger charge is 2.19. The number of amides is 1. The van der Waals surface area contributed by atoms with E-state index in [0.29, 0.717) is 13.0 Å². The zero-order chi connectivity index (χ0) is 19.7. The standard InChI is InChI=1S/C22H26N2O3/c1-22(2,3)27-21(25)24-19(13-14-23)15-17-9-11-20(12-10-17)26-16-18-7-5-4-6-8-18/h4-12,19H,13,15-16H2,1-3H3,(H,24,25)/t19-/m1/s1. The Morgan fingerprint density at radius 3 is 2.33 bits per heavy atom. The molecule has 5 nitrogen and oxygen atoms in total. The highest BCUT2D eigenvalue weighted by molar-refractivity contribution is 5.68. The molecule has 1 N–H and O–H groups in total. The normalized spacial score (nSPS) is 11.9. The van der Waals surface area contributed by atoms with Gasteiger partial charge >= 0.3 is 6.09 Å². The molecule has 1 atom stereocenters. The Morgan fingerprint density at radius 2 is 1.74 bits per heavy atom. The van der Waals surface area contributed by atoms with E-state index in [1.54, 1.807) is 20.8 Å². The van der Waals surface area contributed by atoms with Crippen molar-refractivity contribution in [2.75, 3.05) is 0 Å². The van der Waals surface area contributed by atoms with Crippen molar-refractivity contribution < 1.29 is 14.3 Å². The molecule has 0 saturated carbocycles. The lowest BCUT2D eigenvalue weighted by atomic mass is 10.0. The lowest BCUT2D eigenvalue weighted by molar-refractivity contribution is 0.0505. The summed E-state index contributed by atoms with van der Waals surface area (Å²) in [6.45, 7) is 5.93. The molecular weight excluding hydrogens is 340 g/mol. The molecule has 0 aliphatic rings. The minimum Gasteiger partial charge on any atom is -0.489 e. The van der Waals surface area contributed by atoms with E-state index in [1.165, 1.54) is 0 Å². The number of nitriles is 1. The van der Waals surface area contributed by atoms with Gasteiger partial charge in [-0.25, -0.2) is 4.79 Å². The summed E-state index contributed by atoms with van der Waals surface area (Å²) >= 11 is 0. The van der Waals surface area contributed by atoms with Crippen LogP contribution in [0.25, 0.3) is 0 Å². The Bertz CT molecular complexity index is 759. The van der Waals surface area contributed by atoms with Crippen molar-refractivity contribution in [1.29, 1.82) is 5.26 Å². The van der Waals surface area contributed by atoms with Crippen molar-refractivity contribution >= 4 is 6.09 Å². The van der Waals surface area contributed by atoms with Gasteiger partial charge < -0.3 is 14.8 Å². The summed E-state index contributed by atoms with van der Waals surface area (Å²) in [6.07, 6.45) is 0.252. The number of benzene rings is 2. The first-order valence-electron chi connectivity index (χ1n) is 8.98. The highest BCUT2D eigenvalue weighted by Crippen LogP contribution is 2.16. The van der Waals surface area contributed by atoms with Crippen molar-refractivity contribution in [1.82, 2.24) is 5.32 Å². The first-order chi connectivity index (χ1) is 12.9. The third-order valence-corrected chi connectivity index (χ3v) is 3.71. The van der Waals surface area contributed by atoms with Crippen molar-refractivity contribution in [2.45, 2.75) is 51.9 Å². The molecule has 0 bridgehead atoms. The van der Waals surface area contributed by atoms with Crippen LogP contribution in [0.4, 0.5) is 4.79 Å². The SMILES string of the molecule is CC(C)(C)OC(=O)N[C@H](CC#N)Cc1ccc(OCc2ccccc2)cc1. The van der Waals surface area contributed by atoms with Crippen LogP contribution in [0, 0.1) is 11.3 Å². The molecule has 0 radical (unpaired) electrons. The Balaban J connectivity index is 1.90. The van der Waals surface area contributed by atoms with E-state index < -0.39 is 11.7 Å². The van der Waals surface area contributed by atoms with Gasteiger partial charge in [-0.15, -0.1) is 0 Å². The van der Waals surface area contributed by atoms with Gasteiger partial charge in [0.15, 0.2) is 0 Å². The first-order valence-corrected chi connectivity index (χ1v) is 8.98. The Hall–Kier alpha value is -3.00. The van der Waals surface area contributed by atoms with Crippen molar-refractivity contribution in [2.24, 2.45) is 0 Å². The fraction of sp³-hybridized carbons (Fsp3) is 0.364. The fourth-order valence-corrected chi connectivity index (χ4v) is 2.51. The Labute approximate surface area is 160 Å². The van der Waals surface area contributed by atoms with E-state index in [0.717, 1.165) is 16.9 Å². The number of nitrogens with zero attached hydrogens (tertiary/aromatic N) is 1. The monoisotopic (exact) mass is 366 g/mol. The molecule has 0 heterocycles. The minimum atomic E-state index is -0.570. The summed E-state index contributed by atoms with van der Waals surface area (Å²) in [5, 5.41) is 11.8. The van der Waals surface area contributed by atoms with E-state index in [1.807, 2.05) is 54.6 Å². The molecule has 2 aromatic carbocycles.